The number of hydrogen-bond acceptors (Lipinski definition) is 3. The zero-order valence-corrected chi connectivity index (χ0v) is 12.2. The topological polar surface area (TPSA) is 38.3 Å². The second-order valence-electron chi connectivity index (χ2n) is 6.41. The van der Waals surface area contributed by atoms with Gasteiger partial charge in [-0.15, -0.1) is 0 Å². The van der Waals surface area contributed by atoms with Crippen LogP contribution in [-0.2, 0) is 9.53 Å². The Balaban J connectivity index is 2.25. The predicted molar refractivity (Wildman–Crippen MR) is 77.2 cm³/mol. The number of ether oxygens (including phenoxy) is 1. The SMILES string of the molecule is COC(=O)C1(Nc2ccc(C)cc2)CCC(C)(C)C1. The van der Waals surface area contributed by atoms with Crippen LogP contribution in [-0.4, -0.2) is 18.6 Å². The number of rotatable bonds is 3. The summed E-state index contributed by atoms with van der Waals surface area (Å²) in [4.78, 5) is 12.2. The molecule has 1 atom stereocenters. The standard InChI is InChI=1S/C16H23NO2/c1-12-5-7-13(8-6-12)17-16(14(18)19-4)10-9-15(2,3)11-16/h5-8,17H,9-11H2,1-4H3. The number of methoxy groups -OCH3 is 1. The maximum atomic E-state index is 12.2. The van der Waals surface area contributed by atoms with Crippen LogP contribution in [0.1, 0.15) is 38.7 Å². The molecular weight excluding hydrogens is 238 g/mol. The lowest BCUT2D eigenvalue weighted by Gasteiger charge is -2.30. The van der Waals surface area contributed by atoms with Crippen LogP contribution < -0.4 is 5.32 Å². The number of nitrogens with one attached hydrogen (secondary N) is 1. The van der Waals surface area contributed by atoms with E-state index in [4.69, 9.17) is 4.74 Å². The zero-order chi connectivity index (χ0) is 14.1. The Morgan fingerprint density at radius 1 is 1.21 bits per heavy atom. The van der Waals surface area contributed by atoms with Crippen molar-refractivity contribution in [2.75, 3.05) is 12.4 Å². The largest absolute Gasteiger partial charge is 0.467 e. The van der Waals surface area contributed by atoms with Gasteiger partial charge in [-0.25, -0.2) is 4.79 Å². The number of benzene rings is 1. The Hall–Kier alpha value is -1.51. The third-order valence-corrected chi connectivity index (χ3v) is 4.02. The van der Waals surface area contributed by atoms with Gasteiger partial charge in [0, 0.05) is 5.69 Å². The van der Waals surface area contributed by atoms with Crippen LogP contribution in [0.25, 0.3) is 0 Å². The highest BCUT2D eigenvalue weighted by Gasteiger charge is 2.49. The van der Waals surface area contributed by atoms with E-state index in [1.165, 1.54) is 12.7 Å². The third kappa shape index (κ3) is 2.91. The molecule has 0 aromatic heterocycles. The van der Waals surface area contributed by atoms with Gasteiger partial charge < -0.3 is 10.1 Å². The van der Waals surface area contributed by atoms with Crippen LogP contribution in [0.4, 0.5) is 5.69 Å². The molecule has 0 heterocycles. The molecule has 1 N–H and O–H groups in total. The quantitative estimate of drug-likeness (QED) is 0.846. The van der Waals surface area contributed by atoms with Gasteiger partial charge in [0.25, 0.3) is 0 Å². The molecule has 3 nitrogen and oxygen atoms in total. The summed E-state index contributed by atoms with van der Waals surface area (Å²) in [7, 11) is 1.46. The maximum Gasteiger partial charge on any atom is 0.331 e. The van der Waals surface area contributed by atoms with Gasteiger partial charge in [0.15, 0.2) is 0 Å². The Morgan fingerprint density at radius 3 is 2.32 bits per heavy atom. The van der Waals surface area contributed by atoms with Crippen molar-refractivity contribution in [3.05, 3.63) is 29.8 Å². The predicted octanol–water partition coefficient (Wildman–Crippen LogP) is 3.53. The number of carbonyl (C=O) groups is 1. The fraction of sp³-hybridized carbons (Fsp3) is 0.562. The van der Waals surface area contributed by atoms with Gasteiger partial charge >= 0.3 is 5.97 Å². The van der Waals surface area contributed by atoms with Crippen molar-refractivity contribution in [1.82, 2.24) is 0 Å². The summed E-state index contributed by atoms with van der Waals surface area (Å²) in [5, 5.41) is 3.41. The minimum Gasteiger partial charge on any atom is -0.467 e. The van der Waals surface area contributed by atoms with Gasteiger partial charge in [0.2, 0.25) is 0 Å². The molecule has 0 amide bonds. The van der Waals surface area contributed by atoms with Gasteiger partial charge in [-0.3, -0.25) is 0 Å². The molecule has 0 spiro atoms. The van der Waals surface area contributed by atoms with Gasteiger partial charge in [0.05, 0.1) is 7.11 Å². The summed E-state index contributed by atoms with van der Waals surface area (Å²) in [6.45, 7) is 6.46. The fourth-order valence-electron chi connectivity index (χ4n) is 2.99. The molecule has 1 saturated carbocycles. The van der Waals surface area contributed by atoms with Crippen molar-refractivity contribution in [3.63, 3.8) is 0 Å². The van der Waals surface area contributed by atoms with Crippen molar-refractivity contribution < 1.29 is 9.53 Å². The summed E-state index contributed by atoms with van der Waals surface area (Å²) >= 11 is 0. The lowest BCUT2D eigenvalue weighted by Crippen LogP contribution is -2.45. The average molecular weight is 261 g/mol. The summed E-state index contributed by atoms with van der Waals surface area (Å²) in [6, 6.07) is 8.14. The van der Waals surface area contributed by atoms with Crippen LogP contribution in [0, 0.1) is 12.3 Å². The van der Waals surface area contributed by atoms with E-state index in [1.807, 2.05) is 24.3 Å². The van der Waals surface area contributed by atoms with E-state index in [0.717, 1.165) is 24.9 Å². The smallest absolute Gasteiger partial charge is 0.331 e. The molecule has 0 radical (unpaired) electrons. The first kappa shape index (κ1) is 13.9. The number of aryl methyl sites for hydroxylation is 1. The molecule has 1 aliphatic carbocycles. The number of anilines is 1. The maximum absolute atomic E-state index is 12.2. The molecule has 3 heteroatoms. The molecule has 0 aliphatic heterocycles. The molecule has 1 aromatic carbocycles. The molecule has 1 aliphatic rings. The first-order chi connectivity index (χ1) is 8.87. The summed E-state index contributed by atoms with van der Waals surface area (Å²) in [5.74, 6) is -0.154. The highest BCUT2D eigenvalue weighted by Crippen LogP contribution is 2.45. The van der Waals surface area contributed by atoms with Crippen molar-refractivity contribution in [1.29, 1.82) is 0 Å². The van der Waals surface area contributed by atoms with Crippen molar-refractivity contribution in [3.8, 4) is 0 Å². The van der Waals surface area contributed by atoms with E-state index in [0.29, 0.717) is 0 Å². The van der Waals surface area contributed by atoms with Gasteiger partial charge in [-0.05, 0) is 43.7 Å². The average Bonchev–Trinajstić information content (AvgIpc) is 2.68. The highest BCUT2D eigenvalue weighted by molar-refractivity contribution is 5.85. The molecular formula is C16H23NO2. The van der Waals surface area contributed by atoms with E-state index in [-0.39, 0.29) is 11.4 Å². The van der Waals surface area contributed by atoms with Gasteiger partial charge in [-0.2, -0.15) is 0 Å². The van der Waals surface area contributed by atoms with E-state index in [1.54, 1.807) is 0 Å². The fourth-order valence-corrected chi connectivity index (χ4v) is 2.99. The Kier molecular flexibility index (Phi) is 3.57. The van der Waals surface area contributed by atoms with Crippen LogP contribution in [0.2, 0.25) is 0 Å². The van der Waals surface area contributed by atoms with E-state index in [2.05, 4.69) is 26.1 Å². The molecule has 2 rings (SSSR count). The summed E-state index contributed by atoms with van der Waals surface area (Å²) < 4.78 is 5.03. The Labute approximate surface area is 115 Å². The first-order valence-electron chi connectivity index (χ1n) is 6.80. The van der Waals surface area contributed by atoms with E-state index in [9.17, 15) is 4.79 Å². The van der Waals surface area contributed by atoms with Crippen LogP contribution in [0.3, 0.4) is 0 Å². The second kappa shape index (κ2) is 4.87. The van der Waals surface area contributed by atoms with Crippen molar-refractivity contribution in [2.24, 2.45) is 5.41 Å². The molecule has 0 bridgehead atoms. The number of esters is 1. The van der Waals surface area contributed by atoms with Crippen LogP contribution in [0.5, 0.6) is 0 Å². The summed E-state index contributed by atoms with van der Waals surface area (Å²) in [6.07, 6.45) is 2.65. The monoisotopic (exact) mass is 261 g/mol. The normalized spacial score (nSPS) is 25.1. The number of hydrogen-bond donors (Lipinski definition) is 1. The van der Waals surface area contributed by atoms with Gasteiger partial charge in [-0.1, -0.05) is 31.5 Å². The van der Waals surface area contributed by atoms with Crippen molar-refractivity contribution in [2.45, 2.75) is 45.6 Å². The van der Waals surface area contributed by atoms with E-state index < -0.39 is 5.54 Å². The lowest BCUT2D eigenvalue weighted by atomic mass is 9.87. The molecule has 0 saturated heterocycles. The molecule has 1 fully saturated rings. The van der Waals surface area contributed by atoms with Gasteiger partial charge in [0.1, 0.15) is 5.54 Å². The molecule has 1 aromatic rings. The highest BCUT2D eigenvalue weighted by atomic mass is 16.5. The van der Waals surface area contributed by atoms with E-state index >= 15 is 0 Å². The zero-order valence-electron chi connectivity index (χ0n) is 12.2. The molecule has 104 valence electrons. The molecule has 1 unspecified atom stereocenters. The minimum absolute atomic E-state index is 0.154. The first-order valence-corrected chi connectivity index (χ1v) is 6.80. The van der Waals surface area contributed by atoms with Crippen molar-refractivity contribution >= 4 is 11.7 Å². The second-order valence-corrected chi connectivity index (χ2v) is 6.41. The molecule has 19 heavy (non-hydrogen) atoms. The summed E-state index contributed by atoms with van der Waals surface area (Å²) in [5.41, 5.74) is 1.79. The lowest BCUT2D eigenvalue weighted by molar-refractivity contribution is -0.146. The van der Waals surface area contributed by atoms with Crippen LogP contribution >= 0.6 is 0 Å². The minimum atomic E-state index is -0.576. The number of carbonyl (C=O) groups excluding carboxylic acids is 1. The third-order valence-electron chi connectivity index (χ3n) is 4.02. The van der Waals surface area contributed by atoms with Crippen LogP contribution in [0.15, 0.2) is 24.3 Å². The Bertz CT molecular complexity index is 464. The Morgan fingerprint density at radius 2 is 1.84 bits per heavy atom.